The molecule has 1 aliphatic heterocycles. The largest absolute Gasteiger partial charge is 0.482 e. The van der Waals surface area contributed by atoms with Gasteiger partial charge in [0.2, 0.25) is 10.0 Å². The van der Waals surface area contributed by atoms with Crippen LogP contribution >= 0.6 is 0 Å². The van der Waals surface area contributed by atoms with Gasteiger partial charge in [0, 0.05) is 5.69 Å². The molecule has 0 saturated carbocycles. The van der Waals surface area contributed by atoms with E-state index < -0.39 is 38.5 Å². The summed E-state index contributed by atoms with van der Waals surface area (Å²) < 4.78 is 58.4. The number of aryl methyl sites for hydroxylation is 1. The number of nitrogens with one attached hydrogen (secondary N) is 2. The lowest BCUT2D eigenvalue weighted by atomic mass is 10.2. The fraction of sp³-hybridized carbons (Fsp3) is 0.222. The van der Waals surface area contributed by atoms with Crippen molar-refractivity contribution in [3.05, 3.63) is 42.0 Å². The van der Waals surface area contributed by atoms with Crippen molar-refractivity contribution < 1.29 is 36.3 Å². The molecule has 1 heterocycles. The Balaban J connectivity index is 1.91. The van der Waals surface area contributed by atoms with Crippen LogP contribution in [0, 0.1) is 6.92 Å². The molecule has 2 aromatic carbocycles. The molecular formula is C18H19N3O8S2. The van der Waals surface area contributed by atoms with Gasteiger partial charge >= 0.3 is 5.97 Å². The third kappa shape index (κ3) is 5.24. The Labute approximate surface area is 178 Å². The van der Waals surface area contributed by atoms with Gasteiger partial charge in [-0.25, -0.2) is 16.8 Å². The van der Waals surface area contributed by atoms with E-state index in [0.29, 0.717) is 11.3 Å². The smallest absolute Gasteiger partial charge is 0.323 e. The van der Waals surface area contributed by atoms with E-state index in [2.05, 4.69) is 9.44 Å². The van der Waals surface area contributed by atoms with Gasteiger partial charge in [-0.2, -0.15) is 0 Å². The number of ether oxygens (including phenoxy) is 1. The molecule has 0 spiro atoms. The molecule has 0 aliphatic carbocycles. The molecule has 13 heteroatoms. The average Bonchev–Trinajstić information content (AvgIpc) is 2.64. The third-order valence-corrected chi connectivity index (χ3v) is 6.22. The number of carbonyl (C=O) groups excluding carboxylic acids is 1. The van der Waals surface area contributed by atoms with E-state index in [-0.39, 0.29) is 28.6 Å². The highest BCUT2D eigenvalue weighted by atomic mass is 32.2. The fourth-order valence-electron chi connectivity index (χ4n) is 2.91. The van der Waals surface area contributed by atoms with Crippen molar-refractivity contribution in [3.8, 4) is 5.75 Å². The normalized spacial score (nSPS) is 13.9. The molecule has 0 radical (unpaired) electrons. The Morgan fingerprint density at radius 1 is 1.13 bits per heavy atom. The van der Waals surface area contributed by atoms with Crippen molar-refractivity contribution in [2.45, 2.75) is 11.8 Å². The van der Waals surface area contributed by atoms with Crippen LogP contribution in [0.3, 0.4) is 0 Å². The zero-order valence-corrected chi connectivity index (χ0v) is 18.1. The maximum atomic E-state index is 12.8. The number of aliphatic carboxylic acids is 1. The van der Waals surface area contributed by atoms with E-state index in [4.69, 9.17) is 9.84 Å². The summed E-state index contributed by atoms with van der Waals surface area (Å²) >= 11 is 0. The number of rotatable bonds is 7. The number of nitrogens with zero attached hydrogens (tertiary/aromatic N) is 1. The van der Waals surface area contributed by atoms with Crippen molar-refractivity contribution in [2.24, 2.45) is 0 Å². The van der Waals surface area contributed by atoms with Gasteiger partial charge in [-0.3, -0.25) is 23.9 Å². The average molecular weight is 469 g/mol. The van der Waals surface area contributed by atoms with Crippen LogP contribution < -0.4 is 19.1 Å². The van der Waals surface area contributed by atoms with E-state index in [1.54, 1.807) is 6.92 Å². The number of anilines is 3. The molecule has 2 aromatic rings. The first-order valence-electron chi connectivity index (χ1n) is 8.76. The number of carbonyl (C=O) groups is 2. The molecule has 0 fully saturated rings. The predicted octanol–water partition coefficient (Wildman–Crippen LogP) is 0.977. The summed E-state index contributed by atoms with van der Waals surface area (Å²) in [4.78, 5) is 23.8. The van der Waals surface area contributed by atoms with E-state index in [1.165, 1.54) is 30.3 Å². The highest BCUT2D eigenvalue weighted by Gasteiger charge is 2.29. The molecule has 166 valence electrons. The van der Waals surface area contributed by atoms with Gasteiger partial charge in [-0.15, -0.1) is 0 Å². The first kappa shape index (κ1) is 22.4. The van der Waals surface area contributed by atoms with Crippen LogP contribution in [0.15, 0.2) is 41.3 Å². The Kier molecular flexibility index (Phi) is 5.83. The Morgan fingerprint density at radius 2 is 1.84 bits per heavy atom. The number of fused-ring (bicyclic) bond motifs is 1. The standard InChI is InChI=1S/C18H19N3O8S2/c1-11-7-12(3-5-14(11)20-30(2,25)26)19-31(27,28)13-4-6-16-15(8-13)21(9-18(23)24)17(22)10-29-16/h3-8,19-20H,9-10H2,1-2H3,(H,23,24). The second-order valence-electron chi connectivity index (χ2n) is 6.80. The summed E-state index contributed by atoms with van der Waals surface area (Å²) in [6, 6.07) is 8.02. The lowest BCUT2D eigenvalue weighted by Gasteiger charge is -2.28. The highest BCUT2D eigenvalue weighted by molar-refractivity contribution is 7.92. The number of carboxylic acid groups (broad SMARTS) is 1. The van der Waals surface area contributed by atoms with Crippen molar-refractivity contribution in [1.82, 2.24) is 0 Å². The molecule has 3 rings (SSSR count). The van der Waals surface area contributed by atoms with E-state index >= 15 is 0 Å². The summed E-state index contributed by atoms with van der Waals surface area (Å²) in [5, 5.41) is 9.04. The van der Waals surface area contributed by atoms with Gasteiger partial charge in [0.1, 0.15) is 12.3 Å². The van der Waals surface area contributed by atoms with Gasteiger partial charge in [0.15, 0.2) is 6.61 Å². The minimum atomic E-state index is -4.11. The zero-order chi connectivity index (χ0) is 23.0. The number of hydrogen-bond acceptors (Lipinski definition) is 7. The lowest BCUT2D eigenvalue weighted by molar-refractivity contribution is -0.137. The molecule has 0 aromatic heterocycles. The van der Waals surface area contributed by atoms with E-state index in [1.807, 2.05) is 0 Å². The molecule has 0 bridgehead atoms. The molecular weight excluding hydrogens is 450 g/mol. The molecule has 0 saturated heterocycles. The topological polar surface area (TPSA) is 159 Å². The second-order valence-corrected chi connectivity index (χ2v) is 10.2. The van der Waals surface area contributed by atoms with Crippen molar-refractivity contribution in [2.75, 3.05) is 33.8 Å². The SMILES string of the molecule is Cc1cc(NS(=O)(=O)c2ccc3c(c2)N(CC(=O)O)C(=O)CO3)ccc1NS(C)(=O)=O. The number of benzene rings is 2. The van der Waals surface area contributed by atoms with Gasteiger partial charge in [-0.05, 0) is 48.9 Å². The zero-order valence-electron chi connectivity index (χ0n) is 16.4. The Bertz CT molecular complexity index is 1270. The first-order chi connectivity index (χ1) is 14.4. The summed E-state index contributed by atoms with van der Waals surface area (Å²) in [6.45, 7) is 0.620. The first-order valence-corrected chi connectivity index (χ1v) is 12.1. The monoisotopic (exact) mass is 469 g/mol. The second kappa shape index (κ2) is 8.07. The molecule has 0 unspecified atom stereocenters. The molecule has 3 N–H and O–H groups in total. The van der Waals surface area contributed by atoms with Gasteiger partial charge in [-0.1, -0.05) is 0 Å². The minimum absolute atomic E-state index is 0.0328. The van der Waals surface area contributed by atoms with Crippen LogP contribution in [-0.2, 0) is 29.6 Å². The summed E-state index contributed by atoms with van der Waals surface area (Å²) in [6.07, 6.45) is 1.00. The quantitative estimate of drug-likeness (QED) is 0.541. The van der Waals surface area contributed by atoms with Crippen molar-refractivity contribution >= 4 is 49.0 Å². The predicted molar refractivity (Wildman–Crippen MR) is 112 cm³/mol. The number of sulfonamides is 2. The number of carboxylic acids is 1. The third-order valence-electron chi connectivity index (χ3n) is 4.25. The highest BCUT2D eigenvalue weighted by Crippen LogP contribution is 2.34. The van der Waals surface area contributed by atoms with E-state index in [9.17, 15) is 26.4 Å². The maximum Gasteiger partial charge on any atom is 0.323 e. The fourth-order valence-corrected chi connectivity index (χ4v) is 4.61. The lowest BCUT2D eigenvalue weighted by Crippen LogP contribution is -2.42. The Morgan fingerprint density at radius 3 is 2.45 bits per heavy atom. The van der Waals surface area contributed by atoms with Crippen LogP contribution in [0.25, 0.3) is 0 Å². The minimum Gasteiger partial charge on any atom is -0.482 e. The molecule has 1 aliphatic rings. The van der Waals surface area contributed by atoms with Gasteiger partial charge in [0.05, 0.1) is 22.5 Å². The van der Waals surface area contributed by atoms with Crippen LogP contribution in [-0.4, -0.2) is 53.2 Å². The van der Waals surface area contributed by atoms with Crippen LogP contribution in [0.2, 0.25) is 0 Å². The molecule has 1 amide bonds. The summed E-state index contributed by atoms with van der Waals surface area (Å²) in [5.41, 5.74) is 1.01. The maximum absolute atomic E-state index is 12.8. The number of hydrogen-bond donors (Lipinski definition) is 3. The van der Waals surface area contributed by atoms with Crippen molar-refractivity contribution in [1.29, 1.82) is 0 Å². The summed E-state index contributed by atoms with van der Waals surface area (Å²) in [5.74, 6) is -1.68. The van der Waals surface area contributed by atoms with Crippen LogP contribution in [0.5, 0.6) is 5.75 Å². The van der Waals surface area contributed by atoms with Gasteiger partial charge < -0.3 is 9.84 Å². The van der Waals surface area contributed by atoms with Crippen LogP contribution in [0.4, 0.5) is 17.1 Å². The van der Waals surface area contributed by atoms with Crippen LogP contribution in [0.1, 0.15) is 5.56 Å². The number of amides is 1. The molecule has 11 nitrogen and oxygen atoms in total. The van der Waals surface area contributed by atoms with Crippen molar-refractivity contribution in [3.63, 3.8) is 0 Å². The summed E-state index contributed by atoms with van der Waals surface area (Å²) in [7, 11) is -7.60. The van der Waals surface area contributed by atoms with E-state index in [0.717, 1.165) is 17.2 Å². The molecule has 0 atom stereocenters. The molecule has 31 heavy (non-hydrogen) atoms. The van der Waals surface area contributed by atoms with Gasteiger partial charge in [0.25, 0.3) is 15.9 Å². The Hall–Kier alpha value is -3.32.